The predicted octanol–water partition coefficient (Wildman–Crippen LogP) is 3.84. The first-order chi connectivity index (χ1) is 13.9. The van der Waals surface area contributed by atoms with Crippen LogP contribution in [0.1, 0.15) is 52.1 Å². The SMILES string of the molecule is Cc1ccc(C(=O)NCCn2nc(C)c(C)c2C)cc1NC(=O)C1CC=CCC1. The second-order valence-electron chi connectivity index (χ2n) is 7.78. The third-order valence-corrected chi connectivity index (χ3v) is 5.75. The summed E-state index contributed by atoms with van der Waals surface area (Å²) in [6.07, 6.45) is 6.76. The minimum Gasteiger partial charge on any atom is -0.350 e. The average Bonchev–Trinajstić information content (AvgIpc) is 2.97. The zero-order valence-electron chi connectivity index (χ0n) is 17.7. The smallest absolute Gasteiger partial charge is 0.251 e. The zero-order valence-corrected chi connectivity index (χ0v) is 17.7. The molecular weight excluding hydrogens is 364 g/mol. The molecule has 1 atom stereocenters. The Morgan fingerprint density at radius 1 is 1.17 bits per heavy atom. The van der Waals surface area contributed by atoms with Crippen molar-refractivity contribution in [3.05, 3.63) is 58.4 Å². The Kier molecular flexibility index (Phi) is 6.52. The minimum atomic E-state index is -0.153. The van der Waals surface area contributed by atoms with E-state index in [9.17, 15) is 9.59 Å². The molecule has 1 aromatic heterocycles. The molecule has 2 aromatic rings. The molecule has 29 heavy (non-hydrogen) atoms. The highest BCUT2D eigenvalue weighted by atomic mass is 16.2. The second kappa shape index (κ2) is 9.07. The third-order valence-electron chi connectivity index (χ3n) is 5.75. The van der Waals surface area contributed by atoms with Gasteiger partial charge in [0.15, 0.2) is 0 Å². The average molecular weight is 395 g/mol. The van der Waals surface area contributed by atoms with E-state index >= 15 is 0 Å². The van der Waals surface area contributed by atoms with Crippen LogP contribution in [0.4, 0.5) is 5.69 Å². The minimum absolute atomic E-state index is 0.00102. The van der Waals surface area contributed by atoms with Crippen LogP contribution in [-0.2, 0) is 11.3 Å². The molecule has 6 heteroatoms. The van der Waals surface area contributed by atoms with Gasteiger partial charge in [0.05, 0.1) is 12.2 Å². The molecule has 1 aliphatic rings. The number of nitrogens with zero attached hydrogens (tertiary/aromatic N) is 2. The summed E-state index contributed by atoms with van der Waals surface area (Å²) in [7, 11) is 0. The first-order valence-electron chi connectivity index (χ1n) is 10.2. The highest BCUT2D eigenvalue weighted by Crippen LogP contribution is 2.22. The Labute approximate surface area is 172 Å². The fourth-order valence-corrected chi connectivity index (χ4v) is 3.55. The van der Waals surface area contributed by atoms with Crippen molar-refractivity contribution in [2.24, 2.45) is 5.92 Å². The standard InChI is InChI=1S/C23H30N4O2/c1-15-10-11-20(14-21(15)25-23(29)19-8-6-5-7-9-19)22(28)24-12-13-27-18(4)16(2)17(3)26-27/h5-6,10-11,14,19H,7-9,12-13H2,1-4H3,(H,24,28)(H,25,29). The maximum Gasteiger partial charge on any atom is 0.251 e. The van der Waals surface area contributed by atoms with Crippen molar-refractivity contribution >= 4 is 17.5 Å². The molecule has 1 heterocycles. The third kappa shape index (κ3) is 4.94. The normalized spacial score (nSPS) is 15.9. The van der Waals surface area contributed by atoms with Gasteiger partial charge in [0.25, 0.3) is 5.91 Å². The van der Waals surface area contributed by atoms with Gasteiger partial charge in [-0.3, -0.25) is 14.3 Å². The van der Waals surface area contributed by atoms with Gasteiger partial charge in [0.1, 0.15) is 0 Å². The molecule has 1 aliphatic carbocycles. The largest absolute Gasteiger partial charge is 0.350 e. The topological polar surface area (TPSA) is 76.0 Å². The van der Waals surface area contributed by atoms with Gasteiger partial charge in [-0.15, -0.1) is 0 Å². The van der Waals surface area contributed by atoms with Crippen LogP contribution in [0.25, 0.3) is 0 Å². The van der Waals surface area contributed by atoms with Crippen molar-refractivity contribution in [1.82, 2.24) is 15.1 Å². The Balaban J connectivity index is 1.60. The number of rotatable bonds is 6. The van der Waals surface area contributed by atoms with Gasteiger partial charge in [-0.05, 0) is 70.2 Å². The van der Waals surface area contributed by atoms with Gasteiger partial charge in [-0.1, -0.05) is 18.2 Å². The van der Waals surface area contributed by atoms with Crippen LogP contribution in [0.5, 0.6) is 0 Å². The first-order valence-corrected chi connectivity index (χ1v) is 10.2. The molecule has 154 valence electrons. The van der Waals surface area contributed by atoms with Crippen LogP contribution in [-0.4, -0.2) is 28.1 Å². The molecule has 0 saturated heterocycles. The lowest BCUT2D eigenvalue weighted by molar-refractivity contribution is -0.120. The molecule has 1 aromatic carbocycles. The molecule has 0 radical (unpaired) electrons. The Morgan fingerprint density at radius 2 is 1.97 bits per heavy atom. The highest BCUT2D eigenvalue weighted by Gasteiger charge is 2.19. The van der Waals surface area contributed by atoms with Crippen molar-refractivity contribution in [1.29, 1.82) is 0 Å². The number of aromatic nitrogens is 2. The number of allylic oxidation sites excluding steroid dienone is 2. The molecular formula is C23H30N4O2. The van der Waals surface area contributed by atoms with Crippen LogP contribution in [0.3, 0.4) is 0 Å². The summed E-state index contributed by atoms with van der Waals surface area (Å²) in [6, 6.07) is 5.42. The van der Waals surface area contributed by atoms with Crippen LogP contribution >= 0.6 is 0 Å². The van der Waals surface area contributed by atoms with Gasteiger partial charge >= 0.3 is 0 Å². The van der Waals surface area contributed by atoms with Crippen molar-refractivity contribution in [2.75, 3.05) is 11.9 Å². The maximum absolute atomic E-state index is 12.6. The number of hydrogen-bond donors (Lipinski definition) is 2. The first kappa shape index (κ1) is 20.8. The van der Waals surface area contributed by atoms with Gasteiger partial charge < -0.3 is 10.6 Å². The number of anilines is 1. The number of nitrogens with one attached hydrogen (secondary N) is 2. The zero-order chi connectivity index (χ0) is 21.0. The van der Waals surface area contributed by atoms with E-state index < -0.39 is 0 Å². The van der Waals surface area contributed by atoms with E-state index in [1.807, 2.05) is 31.5 Å². The molecule has 3 rings (SSSR count). The van der Waals surface area contributed by atoms with Crippen molar-refractivity contribution in [3.63, 3.8) is 0 Å². The van der Waals surface area contributed by atoms with Crippen LogP contribution in [0, 0.1) is 33.6 Å². The summed E-state index contributed by atoms with van der Waals surface area (Å²) < 4.78 is 1.92. The number of carbonyl (C=O) groups excluding carboxylic acids is 2. The van der Waals surface area contributed by atoms with Crippen molar-refractivity contribution in [3.8, 4) is 0 Å². The lowest BCUT2D eigenvalue weighted by Gasteiger charge is -2.18. The molecule has 0 saturated carbocycles. The summed E-state index contributed by atoms with van der Waals surface area (Å²) in [5.41, 5.74) is 5.50. The maximum atomic E-state index is 12.6. The summed E-state index contributed by atoms with van der Waals surface area (Å²) in [6.45, 7) is 9.13. The molecule has 6 nitrogen and oxygen atoms in total. The van der Waals surface area contributed by atoms with Crippen molar-refractivity contribution in [2.45, 2.75) is 53.5 Å². The van der Waals surface area contributed by atoms with Crippen molar-refractivity contribution < 1.29 is 9.59 Å². The predicted molar refractivity (Wildman–Crippen MR) is 115 cm³/mol. The number of hydrogen-bond acceptors (Lipinski definition) is 3. The number of aryl methyl sites for hydroxylation is 2. The van der Waals surface area contributed by atoms with E-state index in [4.69, 9.17) is 0 Å². The Hall–Kier alpha value is -2.89. The lowest BCUT2D eigenvalue weighted by atomic mass is 9.93. The van der Waals surface area contributed by atoms with Crippen LogP contribution < -0.4 is 10.6 Å². The number of amides is 2. The molecule has 0 spiro atoms. The number of benzene rings is 1. The van der Waals surface area contributed by atoms with Gasteiger partial charge in [0.2, 0.25) is 5.91 Å². The molecule has 0 fully saturated rings. The van der Waals surface area contributed by atoms with E-state index in [1.165, 1.54) is 5.56 Å². The molecule has 2 amide bonds. The lowest BCUT2D eigenvalue weighted by Crippen LogP contribution is -2.28. The fraction of sp³-hybridized carbons (Fsp3) is 0.435. The highest BCUT2D eigenvalue weighted by molar-refractivity contribution is 5.98. The molecule has 2 N–H and O–H groups in total. The summed E-state index contributed by atoms with van der Waals surface area (Å²) in [5, 5.41) is 10.4. The van der Waals surface area contributed by atoms with E-state index in [2.05, 4.69) is 34.8 Å². The van der Waals surface area contributed by atoms with Crippen LogP contribution in [0.2, 0.25) is 0 Å². The van der Waals surface area contributed by atoms with E-state index in [-0.39, 0.29) is 17.7 Å². The Morgan fingerprint density at radius 3 is 2.62 bits per heavy atom. The molecule has 0 bridgehead atoms. The van der Waals surface area contributed by atoms with E-state index in [0.717, 1.165) is 36.2 Å². The second-order valence-corrected chi connectivity index (χ2v) is 7.78. The molecule has 0 aliphatic heterocycles. The van der Waals surface area contributed by atoms with Crippen LogP contribution in [0.15, 0.2) is 30.4 Å². The summed E-state index contributed by atoms with van der Waals surface area (Å²) in [4.78, 5) is 25.1. The van der Waals surface area contributed by atoms with E-state index in [1.54, 1.807) is 12.1 Å². The monoisotopic (exact) mass is 394 g/mol. The van der Waals surface area contributed by atoms with Gasteiger partial charge in [-0.2, -0.15) is 5.10 Å². The van der Waals surface area contributed by atoms with Gasteiger partial charge in [0, 0.05) is 29.4 Å². The fourth-order valence-electron chi connectivity index (χ4n) is 3.55. The Bertz CT molecular complexity index is 943. The summed E-state index contributed by atoms with van der Waals surface area (Å²) >= 11 is 0. The molecule has 1 unspecified atom stereocenters. The quantitative estimate of drug-likeness (QED) is 0.731. The number of carbonyl (C=O) groups is 2. The van der Waals surface area contributed by atoms with Gasteiger partial charge in [-0.25, -0.2) is 0 Å². The van der Waals surface area contributed by atoms with E-state index in [0.29, 0.717) is 24.3 Å². The summed E-state index contributed by atoms with van der Waals surface area (Å²) in [5.74, 6) is -0.129.